The molecule has 0 saturated heterocycles. The Morgan fingerprint density at radius 3 is 2.63 bits per heavy atom. The highest BCUT2D eigenvalue weighted by molar-refractivity contribution is 5.95. The molecule has 5 nitrogen and oxygen atoms in total. The van der Waals surface area contributed by atoms with Crippen LogP contribution in [0.1, 0.15) is 20.7 Å². The third-order valence-electron chi connectivity index (χ3n) is 2.68. The fourth-order valence-electron chi connectivity index (χ4n) is 1.77. The standard InChI is InChI=1S/C14H12N2O3/c1-19-14-11(13(15)18)6-7-12(16-14)10-5-3-2-4-9(10)8-17/h2-8H,1H3,(H2,15,18). The van der Waals surface area contributed by atoms with Crippen LogP contribution in [0.3, 0.4) is 0 Å². The molecule has 0 radical (unpaired) electrons. The second-order valence-corrected chi connectivity index (χ2v) is 3.82. The van der Waals surface area contributed by atoms with Gasteiger partial charge in [-0.05, 0) is 12.1 Å². The highest BCUT2D eigenvalue weighted by Gasteiger charge is 2.13. The van der Waals surface area contributed by atoms with Crippen LogP contribution in [-0.2, 0) is 0 Å². The zero-order chi connectivity index (χ0) is 13.8. The molecule has 0 atom stereocenters. The van der Waals surface area contributed by atoms with Crippen LogP contribution in [0.15, 0.2) is 36.4 Å². The van der Waals surface area contributed by atoms with Crippen LogP contribution in [0.4, 0.5) is 0 Å². The summed E-state index contributed by atoms with van der Waals surface area (Å²) >= 11 is 0. The third-order valence-corrected chi connectivity index (χ3v) is 2.68. The molecule has 2 aromatic rings. The van der Waals surface area contributed by atoms with E-state index in [0.717, 1.165) is 6.29 Å². The van der Waals surface area contributed by atoms with Crippen molar-refractivity contribution in [2.24, 2.45) is 5.73 Å². The second-order valence-electron chi connectivity index (χ2n) is 3.82. The van der Waals surface area contributed by atoms with Gasteiger partial charge in [0.15, 0.2) is 6.29 Å². The Morgan fingerprint density at radius 1 is 1.26 bits per heavy atom. The molecule has 1 aromatic carbocycles. The molecule has 0 bridgehead atoms. The first-order valence-electron chi connectivity index (χ1n) is 5.56. The molecule has 0 aliphatic carbocycles. The van der Waals surface area contributed by atoms with E-state index in [-0.39, 0.29) is 11.4 Å². The minimum atomic E-state index is -0.612. The van der Waals surface area contributed by atoms with Gasteiger partial charge in [-0.25, -0.2) is 4.98 Å². The monoisotopic (exact) mass is 256 g/mol. The fraction of sp³-hybridized carbons (Fsp3) is 0.0714. The van der Waals surface area contributed by atoms with Crippen LogP contribution < -0.4 is 10.5 Å². The Morgan fingerprint density at radius 2 is 2.00 bits per heavy atom. The van der Waals surface area contributed by atoms with Crippen molar-refractivity contribution in [3.8, 4) is 17.1 Å². The van der Waals surface area contributed by atoms with E-state index in [1.807, 2.05) is 0 Å². The van der Waals surface area contributed by atoms with E-state index >= 15 is 0 Å². The number of pyridine rings is 1. The molecule has 0 aliphatic rings. The first-order valence-corrected chi connectivity index (χ1v) is 5.56. The molecule has 0 aliphatic heterocycles. The minimum absolute atomic E-state index is 0.144. The summed E-state index contributed by atoms with van der Waals surface area (Å²) in [5, 5.41) is 0. The number of nitrogens with zero attached hydrogens (tertiary/aromatic N) is 1. The van der Waals surface area contributed by atoms with Crippen LogP contribution in [0.25, 0.3) is 11.3 Å². The van der Waals surface area contributed by atoms with Crippen molar-refractivity contribution in [2.75, 3.05) is 7.11 Å². The number of benzene rings is 1. The van der Waals surface area contributed by atoms with Gasteiger partial charge in [0.1, 0.15) is 5.56 Å². The van der Waals surface area contributed by atoms with E-state index in [2.05, 4.69) is 4.98 Å². The van der Waals surface area contributed by atoms with Gasteiger partial charge in [0, 0.05) is 11.1 Å². The molecule has 5 heteroatoms. The number of carbonyl (C=O) groups excluding carboxylic acids is 2. The SMILES string of the molecule is COc1nc(-c2ccccc2C=O)ccc1C(N)=O. The first kappa shape index (κ1) is 12.8. The molecule has 1 heterocycles. The van der Waals surface area contributed by atoms with Gasteiger partial charge < -0.3 is 10.5 Å². The molecule has 0 spiro atoms. The van der Waals surface area contributed by atoms with Crippen LogP contribution in [0.2, 0.25) is 0 Å². The van der Waals surface area contributed by atoms with Crippen LogP contribution in [-0.4, -0.2) is 24.3 Å². The number of nitrogens with two attached hydrogens (primary N) is 1. The van der Waals surface area contributed by atoms with Crippen molar-refractivity contribution in [3.63, 3.8) is 0 Å². The average molecular weight is 256 g/mol. The van der Waals surface area contributed by atoms with Crippen LogP contribution in [0.5, 0.6) is 5.88 Å². The molecular weight excluding hydrogens is 244 g/mol. The Hall–Kier alpha value is -2.69. The van der Waals surface area contributed by atoms with E-state index in [9.17, 15) is 9.59 Å². The summed E-state index contributed by atoms with van der Waals surface area (Å²) in [4.78, 5) is 26.4. The molecule has 2 N–H and O–H groups in total. The number of aromatic nitrogens is 1. The topological polar surface area (TPSA) is 82.3 Å². The highest BCUT2D eigenvalue weighted by Crippen LogP contribution is 2.25. The number of hydrogen-bond acceptors (Lipinski definition) is 4. The van der Waals surface area contributed by atoms with E-state index in [0.29, 0.717) is 16.8 Å². The lowest BCUT2D eigenvalue weighted by atomic mass is 10.0. The summed E-state index contributed by atoms with van der Waals surface area (Å²) in [5.74, 6) is -0.467. The lowest BCUT2D eigenvalue weighted by molar-refractivity contribution is 0.0996. The smallest absolute Gasteiger partial charge is 0.254 e. The van der Waals surface area contributed by atoms with Gasteiger partial charge >= 0.3 is 0 Å². The first-order chi connectivity index (χ1) is 9.17. The molecule has 1 aromatic heterocycles. The van der Waals surface area contributed by atoms with Gasteiger partial charge in [0.2, 0.25) is 5.88 Å². The number of carbonyl (C=O) groups is 2. The maximum absolute atomic E-state index is 11.2. The van der Waals surface area contributed by atoms with Gasteiger partial charge in [-0.1, -0.05) is 24.3 Å². The maximum atomic E-state index is 11.2. The van der Waals surface area contributed by atoms with Crippen molar-refractivity contribution in [2.45, 2.75) is 0 Å². The summed E-state index contributed by atoms with van der Waals surface area (Å²) < 4.78 is 5.04. The molecule has 19 heavy (non-hydrogen) atoms. The van der Waals surface area contributed by atoms with Crippen molar-refractivity contribution in [1.29, 1.82) is 0 Å². The molecule has 96 valence electrons. The number of amides is 1. The van der Waals surface area contributed by atoms with E-state index < -0.39 is 5.91 Å². The third kappa shape index (κ3) is 2.44. The predicted molar refractivity (Wildman–Crippen MR) is 70.1 cm³/mol. The Labute approximate surface area is 110 Å². The highest BCUT2D eigenvalue weighted by atomic mass is 16.5. The van der Waals surface area contributed by atoms with Crippen molar-refractivity contribution >= 4 is 12.2 Å². The molecule has 2 rings (SSSR count). The normalized spacial score (nSPS) is 9.95. The minimum Gasteiger partial charge on any atom is -0.480 e. The lowest BCUT2D eigenvalue weighted by Crippen LogP contribution is -2.13. The van der Waals surface area contributed by atoms with Crippen molar-refractivity contribution in [1.82, 2.24) is 4.98 Å². The van der Waals surface area contributed by atoms with Gasteiger partial charge in [-0.15, -0.1) is 0 Å². The number of ether oxygens (including phenoxy) is 1. The summed E-state index contributed by atoms with van der Waals surface area (Å²) in [6.45, 7) is 0. The number of aldehydes is 1. The molecule has 0 saturated carbocycles. The van der Waals surface area contributed by atoms with Gasteiger partial charge in [-0.2, -0.15) is 0 Å². The molecule has 1 amide bonds. The van der Waals surface area contributed by atoms with E-state index in [1.165, 1.54) is 13.2 Å². The lowest BCUT2D eigenvalue weighted by Gasteiger charge is -2.08. The Balaban J connectivity index is 2.58. The fourth-order valence-corrected chi connectivity index (χ4v) is 1.77. The van der Waals surface area contributed by atoms with Gasteiger partial charge in [0.05, 0.1) is 12.8 Å². The molecular formula is C14H12N2O3. The quantitative estimate of drug-likeness (QED) is 0.843. The maximum Gasteiger partial charge on any atom is 0.254 e. The van der Waals surface area contributed by atoms with Gasteiger partial charge in [-0.3, -0.25) is 9.59 Å². The number of methoxy groups -OCH3 is 1. The van der Waals surface area contributed by atoms with Crippen LogP contribution >= 0.6 is 0 Å². The summed E-state index contributed by atoms with van der Waals surface area (Å²) in [7, 11) is 1.41. The van der Waals surface area contributed by atoms with Crippen molar-refractivity contribution in [3.05, 3.63) is 47.5 Å². The largest absolute Gasteiger partial charge is 0.480 e. The van der Waals surface area contributed by atoms with Crippen molar-refractivity contribution < 1.29 is 14.3 Å². The predicted octanol–water partition coefficient (Wildman–Crippen LogP) is 1.67. The van der Waals surface area contributed by atoms with E-state index in [4.69, 9.17) is 10.5 Å². The summed E-state index contributed by atoms with van der Waals surface area (Å²) in [6, 6.07) is 10.2. The zero-order valence-electron chi connectivity index (χ0n) is 10.3. The Kier molecular flexibility index (Phi) is 3.56. The molecule has 0 unspecified atom stereocenters. The Bertz CT molecular complexity index is 638. The average Bonchev–Trinajstić information content (AvgIpc) is 2.46. The van der Waals surface area contributed by atoms with Gasteiger partial charge in [0.25, 0.3) is 5.91 Å². The van der Waals surface area contributed by atoms with E-state index in [1.54, 1.807) is 30.3 Å². The number of rotatable bonds is 4. The molecule has 0 fully saturated rings. The summed E-state index contributed by atoms with van der Waals surface area (Å²) in [6.07, 6.45) is 0.755. The number of hydrogen-bond donors (Lipinski definition) is 1. The van der Waals surface area contributed by atoms with Crippen LogP contribution in [0, 0.1) is 0 Å². The zero-order valence-corrected chi connectivity index (χ0v) is 10.3. The number of primary amides is 1. The summed E-state index contributed by atoms with van der Waals surface area (Å²) in [5.41, 5.74) is 7.16. The second kappa shape index (κ2) is 5.30.